The van der Waals surface area contributed by atoms with Gasteiger partial charge in [-0.25, -0.2) is 0 Å². The first-order chi connectivity index (χ1) is 7.90. The molecule has 0 saturated heterocycles. The Bertz CT molecular complexity index is 442. The van der Waals surface area contributed by atoms with Gasteiger partial charge in [-0.15, -0.1) is 0 Å². The van der Waals surface area contributed by atoms with Crippen LogP contribution in [0, 0.1) is 0 Å². The second kappa shape index (κ2) is 4.11. The summed E-state index contributed by atoms with van der Waals surface area (Å²) in [7, 11) is -1.23. The van der Waals surface area contributed by atoms with Gasteiger partial charge in [0.1, 0.15) is 0 Å². The number of benzene rings is 1. The van der Waals surface area contributed by atoms with E-state index >= 15 is 0 Å². The van der Waals surface area contributed by atoms with Crippen molar-refractivity contribution in [1.82, 2.24) is 4.90 Å². The molecule has 0 atom stereocenters. The lowest BCUT2D eigenvalue weighted by Crippen LogP contribution is -2.35. The normalized spacial score (nSPS) is 15.4. The fraction of sp³-hybridized carbons (Fsp3) is 0.385. The summed E-state index contributed by atoms with van der Waals surface area (Å²) in [6.45, 7) is 7.28. The van der Waals surface area contributed by atoms with Crippen LogP contribution in [0.25, 0.3) is 0 Å². The summed E-state index contributed by atoms with van der Waals surface area (Å²) in [6, 6.07) is 8.00. The number of imide groups is 1. The van der Waals surface area contributed by atoms with Crippen molar-refractivity contribution in [2.24, 2.45) is 0 Å². The summed E-state index contributed by atoms with van der Waals surface area (Å²) >= 11 is 0. The Labute approximate surface area is 102 Å². The molecular weight excluding hydrogens is 230 g/mol. The molecule has 0 fully saturated rings. The van der Waals surface area contributed by atoms with Gasteiger partial charge in [0, 0.05) is 14.6 Å². The molecule has 2 rings (SSSR count). The molecule has 90 valence electrons. The van der Waals surface area contributed by atoms with E-state index in [4.69, 9.17) is 0 Å². The SMILES string of the molecule is C[Si](C)(C)CCN1C(=O)c2ccccc2C1=O. The molecule has 2 amide bonds. The first kappa shape index (κ1) is 12.0. The molecule has 0 unspecified atom stereocenters. The van der Waals surface area contributed by atoms with Gasteiger partial charge in [0.15, 0.2) is 0 Å². The molecule has 0 spiro atoms. The van der Waals surface area contributed by atoms with Crippen molar-refractivity contribution in [3.63, 3.8) is 0 Å². The minimum atomic E-state index is -1.23. The van der Waals surface area contributed by atoms with E-state index in [0.717, 1.165) is 6.04 Å². The number of hydrogen-bond acceptors (Lipinski definition) is 2. The molecular formula is C13H17NO2Si. The number of amides is 2. The molecule has 1 aromatic carbocycles. The summed E-state index contributed by atoms with van der Waals surface area (Å²) in [4.78, 5) is 25.5. The van der Waals surface area contributed by atoms with Crippen molar-refractivity contribution < 1.29 is 9.59 Å². The highest BCUT2D eigenvalue weighted by Gasteiger charge is 2.35. The van der Waals surface area contributed by atoms with Gasteiger partial charge in [0.2, 0.25) is 0 Å². The minimum Gasteiger partial charge on any atom is -0.275 e. The van der Waals surface area contributed by atoms with Gasteiger partial charge in [-0.1, -0.05) is 31.8 Å². The zero-order valence-electron chi connectivity index (χ0n) is 10.5. The van der Waals surface area contributed by atoms with E-state index in [1.165, 1.54) is 4.90 Å². The highest BCUT2D eigenvalue weighted by Crippen LogP contribution is 2.23. The van der Waals surface area contributed by atoms with Gasteiger partial charge in [0.25, 0.3) is 11.8 Å². The van der Waals surface area contributed by atoms with Crippen molar-refractivity contribution in [1.29, 1.82) is 0 Å². The molecule has 4 heteroatoms. The molecule has 0 aliphatic carbocycles. The minimum absolute atomic E-state index is 0.135. The highest BCUT2D eigenvalue weighted by atomic mass is 28.3. The lowest BCUT2D eigenvalue weighted by molar-refractivity contribution is 0.0662. The number of nitrogens with zero attached hydrogens (tertiary/aromatic N) is 1. The van der Waals surface area contributed by atoms with E-state index in [1.807, 2.05) is 0 Å². The van der Waals surface area contributed by atoms with Crippen LogP contribution in [0.1, 0.15) is 20.7 Å². The van der Waals surface area contributed by atoms with Gasteiger partial charge in [-0.2, -0.15) is 0 Å². The highest BCUT2D eigenvalue weighted by molar-refractivity contribution is 6.76. The van der Waals surface area contributed by atoms with Crippen LogP contribution in [0.2, 0.25) is 25.7 Å². The molecule has 1 aliphatic rings. The Morgan fingerprint density at radius 1 is 1.00 bits per heavy atom. The Balaban J connectivity index is 2.19. The zero-order valence-corrected chi connectivity index (χ0v) is 11.5. The van der Waals surface area contributed by atoms with Gasteiger partial charge in [-0.05, 0) is 18.2 Å². The van der Waals surface area contributed by atoms with Crippen molar-refractivity contribution in [2.75, 3.05) is 6.54 Å². The number of fused-ring (bicyclic) bond motifs is 1. The third-order valence-corrected chi connectivity index (χ3v) is 4.69. The zero-order chi connectivity index (χ0) is 12.6. The molecule has 1 aliphatic heterocycles. The monoisotopic (exact) mass is 247 g/mol. The molecule has 1 aromatic rings. The fourth-order valence-electron chi connectivity index (χ4n) is 1.89. The first-order valence-corrected chi connectivity index (χ1v) is 9.56. The average Bonchev–Trinajstić information content (AvgIpc) is 2.49. The van der Waals surface area contributed by atoms with Crippen LogP contribution in [-0.2, 0) is 0 Å². The maximum atomic E-state index is 12.0. The largest absolute Gasteiger partial charge is 0.275 e. The summed E-state index contributed by atoms with van der Waals surface area (Å²) < 4.78 is 0. The van der Waals surface area contributed by atoms with Crippen LogP contribution in [0.5, 0.6) is 0 Å². The Hall–Kier alpha value is -1.42. The maximum Gasteiger partial charge on any atom is 0.261 e. The summed E-state index contributed by atoms with van der Waals surface area (Å²) in [5, 5.41) is 0. The summed E-state index contributed by atoms with van der Waals surface area (Å²) in [6.07, 6.45) is 0. The standard InChI is InChI=1S/C13H17NO2Si/c1-17(2,3)9-8-14-12(15)10-6-4-5-7-11(10)13(14)16/h4-7H,8-9H2,1-3H3. The maximum absolute atomic E-state index is 12.0. The van der Waals surface area contributed by atoms with Crippen molar-refractivity contribution in [3.05, 3.63) is 35.4 Å². The Kier molecular flexibility index (Phi) is 2.91. The quantitative estimate of drug-likeness (QED) is 0.608. The van der Waals surface area contributed by atoms with E-state index in [2.05, 4.69) is 19.6 Å². The lowest BCUT2D eigenvalue weighted by atomic mass is 10.1. The van der Waals surface area contributed by atoms with Crippen LogP contribution in [-0.4, -0.2) is 31.3 Å². The van der Waals surface area contributed by atoms with Crippen molar-refractivity contribution >= 4 is 19.9 Å². The predicted molar refractivity (Wildman–Crippen MR) is 70.0 cm³/mol. The first-order valence-electron chi connectivity index (χ1n) is 5.85. The van der Waals surface area contributed by atoms with Crippen LogP contribution >= 0.6 is 0 Å². The number of rotatable bonds is 3. The second-order valence-corrected chi connectivity index (χ2v) is 11.2. The van der Waals surface area contributed by atoms with Crippen LogP contribution in [0.3, 0.4) is 0 Å². The second-order valence-electron chi connectivity index (χ2n) is 5.62. The number of carbonyl (C=O) groups excluding carboxylic acids is 2. The van der Waals surface area contributed by atoms with E-state index in [9.17, 15) is 9.59 Å². The van der Waals surface area contributed by atoms with E-state index in [-0.39, 0.29) is 11.8 Å². The van der Waals surface area contributed by atoms with Crippen LogP contribution in [0.15, 0.2) is 24.3 Å². The molecule has 0 saturated carbocycles. The molecule has 0 aromatic heterocycles. The van der Waals surface area contributed by atoms with E-state index in [0.29, 0.717) is 17.7 Å². The molecule has 0 radical (unpaired) electrons. The van der Waals surface area contributed by atoms with Crippen LogP contribution in [0.4, 0.5) is 0 Å². The predicted octanol–water partition coefficient (Wildman–Crippen LogP) is 2.62. The molecule has 17 heavy (non-hydrogen) atoms. The van der Waals surface area contributed by atoms with Gasteiger partial charge >= 0.3 is 0 Å². The smallest absolute Gasteiger partial charge is 0.261 e. The number of carbonyl (C=O) groups is 2. The third kappa shape index (κ3) is 2.31. The molecule has 0 N–H and O–H groups in total. The molecule has 0 bridgehead atoms. The fourth-order valence-corrected chi connectivity index (χ4v) is 2.78. The summed E-state index contributed by atoms with van der Waals surface area (Å²) in [5.74, 6) is -0.271. The van der Waals surface area contributed by atoms with Crippen LogP contribution < -0.4 is 0 Å². The van der Waals surface area contributed by atoms with E-state index < -0.39 is 8.07 Å². The van der Waals surface area contributed by atoms with Gasteiger partial charge in [-0.3, -0.25) is 14.5 Å². The molecule has 3 nitrogen and oxygen atoms in total. The van der Waals surface area contributed by atoms with Gasteiger partial charge in [0.05, 0.1) is 11.1 Å². The van der Waals surface area contributed by atoms with Crippen molar-refractivity contribution in [2.45, 2.75) is 25.7 Å². The summed E-state index contributed by atoms with van der Waals surface area (Å²) in [5.41, 5.74) is 1.10. The van der Waals surface area contributed by atoms with Gasteiger partial charge < -0.3 is 0 Å². The third-order valence-electron chi connectivity index (χ3n) is 2.96. The molecule has 1 heterocycles. The Morgan fingerprint density at radius 3 is 1.88 bits per heavy atom. The van der Waals surface area contributed by atoms with Crippen molar-refractivity contribution in [3.8, 4) is 0 Å². The lowest BCUT2D eigenvalue weighted by Gasteiger charge is -2.20. The number of hydrogen-bond donors (Lipinski definition) is 0. The Morgan fingerprint density at radius 2 is 1.47 bits per heavy atom. The topological polar surface area (TPSA) is 37.4 Å². The van der Waals surface area contributed by atoms with E-state index in [1.54, 1.807) is 24.3 Å². The average molecular weight is 247 g/mol.